The van der Waals surface area contributed by atoms with Crippen molar-refractivity contribution < 1.29 is 24.5 Å². The largest absolute Gasteiger partial charge is 0.478 e. The average Bonchev–Trinajstić information content (AvgIpc) is 2.31. The normalized spacial score (nSPS) is 11.3. The molecular formula is C11H14FNO4. The van der Waals surface area contributed by atoms with Crippen molar-refractivity contribution in [1.82, 2.24) is 0 Å². The Kier molecular flexibility index (Phi) is 4.03. The molecular weight excluding hydrogens is 229 g/mol. The number of carboxylic acid groups (broad SMARTS) is 1. The average molecular weight is 243 g/mol. The lowest BCUT2D eigenvalue weighted by Crippen LogP contribution is -2.43. The van der Waals surface area contributed by atoms with Gasteiger partial charge in [-0.2, -0.15) is 0 Å². The summed E-state index contributed by atoms with van der Waals surface area (Å²) in [5.74, 6) is -2.04. The van der Waals surface area contributed by atoms with E-state index in [0.29, 0.717) is 0 Å². The molecule has 17 heavy (non-hydrogen) atoms. The van der Waals surface area contributed by atoms with E-state index in [9.17, 15) is 9.18 Å². The standard InChI is InChI=1S/C11H14FNO4/c1-11(5-14,6-15)13-9-7(10(16)17)3-2-4-8(9)12/h2-4,13-15H,5-6H2,1H3,(H,16,17). The van der Waals surface area contributed by atoms with Crippen LogP contribution in [0.1, 0.15) is 17.3 Å². The summed E-state index contributed by atoms with van der Waals surface area (Å²) < 4.78 is 13.5. The van der Waals surface area contributed by atoms with E-state index in [2.05, 4.69) is 5.32 Å². The number of carboxylic acids is 1. The minimum absolute atomic E-state index is 0.245. The van der Waals surface area contributed by atoms with Crippen LogP contribution in [0, 0.1) is 5.82 Å². The molecule has 0 saturated heterocycles. The van der Waals surface area contributed by atoms with E-state index < -0.39 is 30.5 Å². The summed E-state index contributed by atoms with van der Waals surface area (Å²) in [6, 6.07) is 3.62. The van der Waals surface area contributed by atoms with Gasteiger partial charge >= 0.3 is 5.97 Å². The smallest absolute Gasteiger partial charge is 0.337 e. The fourth-order valence-electron chi connectivity index (χ4n) is 1.26. The molecule has 94 valence electrons. The van der Waals surface area contributed by atoms with Crippen molar-refractivity contribution in [3.8, 4) is 0 Å². The van der Waals surface area contributed by atoms with Crippen molar-refractivity contribution in [2.45, 2.75) is 12.5 Å². The molecule has 0 aromatic heterocycles. The van der Waals surface area contributed by atoms with Gasteiger partial charge in [-0.25, -0.2) is 9.18 Å². The quantitative estimate of drug-likeness (QED) is 0.610. The van der Waals surface area contributed by atoms with Crippen LogP contribution in [-0.2, 0) is 0 Å². The third kappa shape index (κ3) is 2.92. The molecule has 5 nitrogen and oxygen atoms in total. The summed E-state index contributed by atoms with van der Waals surface area (Å²) in [5.41, 5.74) is -1.68. The zero-order valence-corrected chi connectivity index (χ0v) is 9.27. The number of hydrogen-bond donors (Lipinski definition) is 4. The third-order valence-corrected chi connectivity index (χ3v) is 2.37. The van der Waals surface area contributed by atoms with E-state index >= 15 is 0 Å². The first kappa shape index (κ1) is 13.4. The highest BCUT2D eigenvalue weighted by Gasteiger charge is 2.26. The number of rotatable bonds is 5. The van der Waals surface area contributed by atoms with Crippen molar-refractivity contribution in [1.29, 1.82) is 0 Å². The number of aliphatic hydroxyl groups excluding tert-OH is 2. The molecule has 0 fully saturated rings. The number of carbonyl (C=O) groups is 1. The van der Waals surface area contributed by atoms with E-state index in [1.54, 1.807) is 0 Å². The lowest BCUT2D eigenvalue weighted by molar-refractivity contribution is 0.0696. The molecule has 1 aromatic carbocycles. The zero-order chi connectivity index (χ0) is 13.1. The molecule has 0 aliphatic rings. The van der Waals surface area contributed by atoms with Crippen LogP contribution in [0.25, 0.3) is 0 Å². The number of aromatic carboxylic acids is 1. The second-order valence-corrected chi connectivity index (χ2v) is 3.97. The number of hydrogen-bond acceptors (Lipinski definition) is 4. The molecule has 0 atom stereocenters. The van der Waals surface area contributed by atoms with Crippen molar-refractivity contribution in [3.05, 3.63) is 29.6 Å². The monoisotopic (exact) mass is 243 g/mol. The van der Waals surface area contributed by atoms with Gasteiger partial charge in [0.05, 0.1) is 30.0 Å². The number of para-hydroxylation sites is 1. The Bertz CT molecular complexity index is 418. The van der Waals surface area contributed by atoms with E-state index in [0.717, 1.165) is 6.07 Å². The second kappa shape index (κ2) is 5.11. The molecule has 0 amide bonds. The van der Waals surface area contributed by atoms with Gasteiger partial charge in [0.15, 0.2) is 0 Å². The highest BCUT2D eigenvalue weighted by atomic mass is 19.1. The van der Waals surface area contributed by atoms with E-state index in [1.165, 1.54) is 19.1 Å². The molecule has 1 aromatic rings. The SMILES string of the molecule is CC(CO)(CO)Nc1c(F)cccc1C(=O)O. The Hall–Kier alpha value is -1.66. The maximum absolute atomic E-state index is 13.5. The molecule has 0 saturated carbocycles. The van der Waals surface area contributed by atoms with Crippen molar-refractivity contribution in [2.75, 3.05) is 18.5 Å². The lowest BCUT2D eigenvalue weighted by atomic mass is 10.0. The summed E-state index contributed by atoms with van der Waals surface area (Å²) in [6.07, 6.45) is 0. The Morgan fingerprint density at radius 3 is 2.47 bits per heavy atom. The first-order chi connectivity index (χ1) is 7.93. The minimum Gasteiger partial charge on any atom is -0.478 e. The molecule has 0 heterocycles. The van der Waals surface area contributed by atoms with Gasteiger partial charge in [-0.1, -0.05) is 6.07 Å². The van der Waals surface area contributed by atoms with Crippen LogP contribution in [0.15, 0.2) is 18.2 Å². The van der Waals surface area contributed by atoms with Gasteiger partial charge in [-0.15, -0.1) is 0 Å². The van der Waals surface area contributed by atoms with E-state index in [-0.39, 0.29) is 11.3 Å². The molecule has 0 bridgehead atoms. The predicted molar refractivity (Wildman–Crippen MR) is 59.6 cm³/mol. The Morgan fingerprint density at radius 1 is 1.41 bits per heavy atom. The number of nitrogens with one attached hydrogen (secondary N) is 1. The van der Waals surface area contributed by atoms with Gasteiger partial charge < -0.3 is 20.6 Å². The highest BCUT2D eigenvalue weighted by molar-refractivity contribution is 5.94. The fourth-order valence-corrected chi connectivity index (χ4v) is 1.26. The molecule has 1 rings (SSSR count). The fraction of sp³-hybridized carbons (Fsp3) is 0.364. The molecule has 6 heteroatoms. The third-order valence-electron chi connectivity index (χ3n) is 2.37. The van der Waals surface area contributed by atoms with Gasteiger partial charge in [0.25, 0.3) is 0 Å². The first-order valence-corrected chi connectivity index (χ1v) is 4.95. The van der Waals surface area contributed by atoms with Crippen LogP contribution >= 0.6 is 0 Å². The summed E-state index contributed by atoms with van der Waals surface area (Å²) in [5, 5.41) is 29.6. The van der Waals surface area contributed by atoms with Crippen molar-refractivity contribution in [2.24, 2.45) is 0 Å². The summed E-state index contributed by atoms with van der Waals surface area (Å²) in [6.45, 7) is 0.527. The second-order valence-electron chi connectivity index (χ2n) is 3.97. The molecule has 0 spiro atoms. The molecule has 0 aliphatic carbocycles. The van der Waals surface area contributed by atoms with E-state index in [4.69, 9.17) is 15.3 Å². The molecule has 0 aliphatic heterocycles. The van der Waals surface area contributed by atoms with Crippen molar-refractivity contribution in [3.63, 3.8) is 0 Å². The van der Waals surface area contributed by atoms with Gasteiger partial charge in [0.1, 0.15) is 5.82 Å². The topological polar surface area (TPSA) is 89.8 Å². The van der Waals surface area contributed by atoms with Crippen LogP contribution in [0.2, 0.25) is 0 Å². The van der Waals surface area contributed by atoms with Gasteiger partial charge in [-0.3, -0.25) is 0 Å². The number of halogens is 1. The lowest BCUT2D eigenvalue weighted by Gasteiger charge is -2.28. The zero-order valence-electron chi connectivity index (χ0n) is 9.27. The summed E-state index contributed by atoms with van der Waals surface area (Å²) in [4.78, 5) is 10.9. The van der Waals surface area contributed by atoms with Gasteiger partial charge in [0, 0.05) is 0 Å². The maximum Gasteiger partial charge on any atom is 0.337 e. The van der Waals surface area contributed by atoms with Crippen LogP contribution in [0.5, 0.6) is 0 Å². The van der Waals surface area contributed by atoms with Crippen molar-refractivity contribution >= 4 is 11.7 Å². The molecule has 0 radical (unpaired) electrons. The van der Waals surface area contributed by atoms with Crippen LogP contribution < -0.4 is 5.32 Å². The number of anilines is 1. The number of aliphatic hydroxyl groups is 2. The Balaban J connectivity index is 3.17. The highest BCUT2D eigenvalue weighted by Crippen LogP contribution is 2.23. The predicted octanol–water partition coefficient (Wildman–Crippen LogP) is 0.679. The van der Waals surface area contributed by atoms with E-state index in [1.807, 2.05) is 0 Å². The van der Waals surface area contributed by atoms with Gasteiger partial charge in [-0.05, 0) is 19.1 Å². The Labute approximate surface area is 97.5 Å². The minimum atomic E-state index is -1.29. The molecule has 0 unspecified atom stereocenters. The number of benzene rings is 1. The summed E-state index contributed by atoms with van der Waals surface area (Å²) in [7, 11) is 0. The first-order valence-electron chi connectivity index (χ1n) is 4.95. The van der Waals surface area contributed by atoms with Crippen LogP contribution in [0.3, 0.4) is 0 Å². The summed E-state index contributed by atoms with van der Waals surface area (Å²) >= 11 is 0. The van der Waals surface area contributed by atoms with Crippen LogP contribution in [0.4, 0.5) is 10.1 Å². The molecule has 4 N–H and O–H groups in total. The Morgan fingerprint density at radius 2 is 2.00 bits per heavy atom. The van der Waals surface area contributed by atoms with Crippen LogP contribution in [-0.4, -0.2) is 40.0 Å². The van der Waals surface area contributed by atoms with Gasteiger partial charge in [0.2, 0.25) is 0 Å². The maximum atomic E-state index is 13.5.